The standard InChI is InChI=1S/C11H22O/c1-8(2)7-11(10-5-6-10)12-9(3)4/h8-11H,5-7H2,1-4H3/t11-/m0/s1. The van der Waals surface area contributed by atoms with Crippen LogP contribution >= 0.6 is 0 Å². The monoisotopic (exact) mass is 170 g/mol. The fourth-order valence-electron chi connectivity index (χ4n) is 1.64. The molecule has 1 aliphatic rings. The third kappa shape index (κ3) is 3.57. The summed E-state index contributed by atoms with van der Waals surface area (Å²) < 4.78 is 5.89. The van der Waals surface area contributed by atoms with Crippen LogP contribution in [0, 0.1) is 11.8 Å². The van der Waals surface area contributed by atoms with Crippen LogP contribution in [-0.4, -0.2) is 12.2 Å². The Morgan fingerprint density at radius 1 is 1.17 bits per heavy atom. The number of rotatable bonds is 5. The van der Waals surface area contributed by atoms with Crippen LogP contribution in [0.2, 0.25) is 0 Å². The van der Waals surface area contributed by atoms with Crippen molar-refractivity contribution in [2.75, 3.05) is 0 Å². The summed E-state index contributed by atoms with van der Waals surface area (Å²) in [5.74, 6) is 1.66. The van der Waals surface area contributed by atoms with Crippen molar-refractivity contribution in [2.45, 2.75) is 59.2 Å². The Bertz CT molecular complexity index is 115. The van der Waals surface area contributed by atoms with Crippen LogP contribution in [0.4, 0.5) is 0 Å². The van der Waals surface area contributed by atoms with Crippen LogP contribution in [0.15, 0.2) is 0 Å². The molecule has 1 nitrogen and oxygen atoms in total. The summed E-state index contributed by atoms with van der Waals surface area (Å²) >= 11 is 0. The summed E-state index contributed by atoms with van der Waals surface area (Å²) in [7, 11) is 0. The minimum atomic E-state index is 0.398. The molecule has 0 aromatic carbocycles. The minimum Gasteiger partial charge on any atom is -0.375 e. The predicted molar refractivity (Wildman–Crippen MR) is 52.2 cm³/mol. The van der Waals surface area contributed by atoms with Gasteiger partial charge in [-0.25, -0.2) is 0 Å². The van der Waals surface area contributed by atoms with Gasteiger partial charge in [-0.1, -0.05) is 13.8 Å². The summed E-state index contributed by atoms with van der Waals surface area (Å²) in [6.07, 6.45) is 4.97. The summed E-state index contributed by atoms with van der Waals surface area (Å²) in [6.45, 7) is 8.82. The lowest BCUT2D eigenvalue weighted by molar-refractivity contribution is -0.0157. The third-order valence-corrected chi connectivity index (χ3v) is 2.30. The molecule has 0 N–H and O–H groups in total. The Morgan fingerprint density at radius 2 is 1.75 bits per heavy atom. The molecule has 1 aliphatic carbocycles. The quantitative estimate of drug-likeness (QED) is 0.615. The van der Waals surface area contributed by atoms with Gasteiger partial charge in [-0.2, -0.15) is 0 Å². The highest BCUT2D eigenvalue weighted by Crippen LogP contribution is 2.37. The van der Waals surface area contributed by atoms with Crippen molar-refractivity contribution in [2.24, 2.45) is 11.8 Å². The van der Waals surface area contributed by atoms with Crippen LogP contribution in [0.3, 0.4) is 0 Å². The zero-order chi connectivity index (χ0) is 9.14. The van der Waals surface area contributed by atoms with E-state index in [0.717, 1.165) is 11.8 Å². The van der Waals surface area contributed by atoms with E-state index in [1.165, 1.54) is 19.3 Å². The van der Waals surface area contributed by atoms with Crippen molar-refractivity contribution in [1.29, 1.82) is 0 Å². The predicted octanol–water partition coefficient (Wildman–Crippen LogP) is 3.24. The molecule has 72 valence electrons. The Hall–Kier alpha value is -0.0400. The van der Waals surface area contributed by atoms with E-state index < -0.39 is 0 Å². The molecule has 0 aliphatic heterocycles. The van der Waals surface area contributed by atoms with E-state index in [1.54, 1.807) is 0 Å². The molecule has 12 heavy (non-hydrogen) atoms. The molecule has 1 saturated carbocycles. The SMILES string of the molecule is CC(C)C[C@H](OC(C)C)C1CC1. The maximum Gasteiger partial charge on any atom is 0.0609 e. The number of hydrogen-bond acceptors (Lipinski definition) is 1. The average Bonchev–Trinajstić information content (AvgIpc) is 2.63. The van der Waals surface area contributed by atoms with Crippen LogP contribution in [0.1, 0.15) is 47.0 Å². The van der Waals surface area contributed by atoms with Crippen molar-refractivity contribution in [3.05, 3.63) is 0 Å². The lowest BCUT2D eigenvalue weighted by Gasteiger charge is -2.21. The Kier molecular flexibility index (Phi) is 3.57. The van der Waals surface area contributed by atoms with E-state index in [1.807, 2.05) is 0 Å². The van der Waals surface area contributed by atoms with Crippen molar-refractivity contribution < 1.29 is 4.74 Å². The highest BCUT2D eigenvalue weighted by molar-refractivity contribution is 4.83. The van der Waals surface area contributed by atoms with Crippen molar-refractivity contribution in [3.8, 4) is 0 Å². The molecule has 0 saturated heterocycles. The van der Waals surface area contributed by atoms with Crippen LogP contribution in [0.5, 0.6) is 0 Å². The smallest absolute Gasteiger partial charge is 0.0609 e. The van der Waals surface area contributed by atoms with Crippen LogP contribution in [0.25, 0.3) is 0 Å². The molecule has 0 bridgehead atoms. The Balaban J connectivity index is 2.27. The lowest BCUT2D eigenvalue weighted by atomic mass is 10.0. The third-order valence-electron chi connectivity index (χ3n) is 2.30. The van der Waals surface area contributed by atoms with Crippen LogP contribution < -0.4 is 0 Å². The van der Waals surface area contributed by atoms with Gasteiger partial charge in [-0.3, -0.25) is 0 Å². The van der Waals surface area contributed by atoms with Crippen molar-refractivity contribution >= 4 is 0 Å². The molecule has 1 heteroatoms. The first kappa shape index (κ1) is 10.0. The summed E-state index contributed by atoms with van der Waals surface area (Å²) in [5, 5.41) is 0. The molecular formula is C11H22O. The van der Waals surface area contributed by atoms with E-state index in [-0.39, 0.29) is 0 Å². The van der Waals surface area contributed by atoms with Gasteiger partial charge in [0, 0.05) is 0 Å². The van der Waals surface area contributed by atoms with Gasteiger partial charge in [0.1, 0.15) is 0 Å². The average molecular weight is 170 g/mol. The molecule has 1 atom stereocenters. The van der Waals surface area contributed by atoms with E-state index in [2.05, 4.69) is 27.7 Å². The van der Waals surface area contributed by atoms with Gasteiger partial charge in [0.25, 0.3) is 0 Å². The first-order valence-corrected chi connectivity index (χ1v) is 5.25. The van der Waals surface area contributed by atoms with Gasteiger partial charge in [-0.15, -0.1) is 0 Å². The fraction of sp³-hybridized carbons (Fsp3) is 1.00. The summed E-state index contributed by atoms with van der Waals surface area (Å²) in [6, 6.07) is 0. The maximum atomic E-state index is 5.89. The topological polar surface area (TPSA) is 9.23 Å². The highest BCUT2D eigenvalue weighted by Gasteiger charge is 2.32. The summed E-state index contributed by atoms with van der Waals surface area (Å²) in [5.41, 5.74) is 0. The molecule has 1 fully saturated rings. The molecule has 0 spiro atoms. The molecule has 0 heterocycles. The lowest BCUT2D eigenvalue weighted by Crippen LogP contribution is -2.21. The zero-order valence-corrected chi connectivity index (χ0v) is 8.84. The van der Waals surface area contributed by atoms with E-state index >= 15 is 0 Å². The van der Waals surface area contributed by atoms with Crippen molar-refractivity contribution in [1.82, 2.24) is 0 Å². The van der Waals surface area contributed by atoms with Gasteiger partial charge >= 0.3 is 0 Å². The Labute approximate surface area is 76.5 Å². The molecule has 0 aromatic rings. The highest BCUT2D eigenvalue weighted by atomic mass is 16.5. The second-order valence-electron chi connectivity index (χ2n) is 4.69. The minimum absolute atomic E-state index is 0.398. The second kappa shape index (κ2) is 4.27. The van der Waals surface area contributed by atoms with Gasteiger partial charge in [0.05, 0.1) is 12.2 Å². The summed E-state index contributed by atoms with van der Waals surface area (Å²) in [4.78, 5) is 0. The maximum absolute atomic E-state index is 5.89. The number of hydrogen-bond donors (Lipinski definition) is 0. The van der Waals surface area contributed by atoms with E-state index in [4.69, 9.17) is 4.74 Å². The normalized spacial score (nSPS) is 20.5. The molecule has 0 aromatic heterocycles. The van der Waals surface area contributed by atoms with E-state index in [9.17, 15) is 0 Å². The first-order valence-electron chi connectivity index (χ1n) is 5.25. The molecule has 0 radical (unpaired) electrons. The molecular weight excluding hydrogens is 148 g/mol. The van der Waals surface area contributed by atoms with Crippen molar-refractivity contribution in [3.63, 3.8) is 0 Å². The molecule has 1 rings (SSSR count). The molecule has 0 amide bonds. The second-order valence-corrected chi connectivity index (χ2v) is 4.69. The van der Waals surface area contributed by atoms with E-state index in [0.29, 0.717) is 12.2 Å². The van der Waals surface area contributed by atoms with Gasteiger partial charge in [0.2, 0.25) is 0 Å². The number of ether oxygens (including phenoxy) is 1. The molecule has 0 unspecified atom stereocenters. The van der Waals surface area contributed by atoms with Gasteiger partial charge < -0.3 is 4.74 Å². The fourth-order valence-corrected chi connectivity index (χ4v) is 1.64. The first-order chi connectivity index (χ1) is 5.59. The Morgan fingerprint density at radius 3 is 2.08 bits per heavy atom. The zero-order valence-electron chi connectivity index (χ0n) is 8.84. The van der Waals surface area contributed by atoms with Gasteiger partial charge in [0.15, 0.2) is 0 Å². The van der Waals surface area contributed by atoms with Crippen LogP contribution in [-0.2, 0) is 4.74 Å². The largest absolute Gasteiger partial charge is 0.375 e. The van der Waals surface area contributed by atoms with Gasteiger partial charge in [-0.05, 0) is 44.9 Å².